The Hall–Kier alpha value is -0.810. The molecule has 0 heterocycles. The van der Waals surface area contributed by atoms with Crippen molar-refractivity contribution < 1.29 is 9.59 Å². The number of hydrogen-bond acceptors (Lipinski definition) is 3. The molecule has 144 valence electrons. The molecular weight excluding hydrogens is 338 g/mol. The Bertz CT molecular complexity index is 442. The van der Waals surface area contributed by atoms with Crippen LogP contribution in [0.4, 0.5) is 0 Å². The summed E-state index contributed by atoms with van der Waals surface area (Å²) in [7, 11) is 0. The highest BCUT2D eigenvalue weighted by molar-refractivity contribution is 5.85. The van der Waals surface area contributed by atoms with E-state index >= 15 is 0 Å². The fraction of sp³-hybridized carbons (Fsp3) is 0.895. The molecule has 3 saturated carbocycles. The molecule has 5 nitrogen and oxygen atoms in total. The fourth-order valence-corrected chi connectivity index (χ4v) is 4.32. The number of halogens is 1. The van der Waals surface area contributed by atoms with Crippen LogP contribution in [0.15, 0.2) is 0 Å². The third-order valence-electron chi connectivity index (χ3n) is 6.15. The molecule has 3 fully saturated rings. The molecule has 0 aromatic rings. The predicted molar refractivity (Wildman–Crippen MR) is 101 cm³/mol. The van der Waals surface area contributed by atoms with Crippen LogP contribution in [0.3, 0.4) is 0 Å². The normalized spacial score (nSPS) is 28.0. The van der Waals surface area contributed by atoms with Crippen LogP contribution in [0.2, 0.25) is 0 Å². The van der Waals surface area contributed by atoms with Gasteiger partial charge in [0.05, 0.1) is 0 Å². The van der Waals surface area contributed by atoms with Gasteiger partial charge in [-0.15, -0.1) is 12.4 Å². The Morgan fingerprint density at radius 3 is 2.20 bits per heavy atom. The molecule has 0 saturated heterocycles. The molecule has 2 amide bonds. The molecule has 0 aliphatic heterocycles. The van der Waals surface area contributed by atoms with Crippen molar-refractivity contribution in [3.63, 3.8) is 0 Å². The summed E-state index contributed by atoms with van der Waals surface area (Å²) in [6, 6.07) is 0.386. The molecule has 0 spiro atoms. The first-order valence-corrected chi connectivity index (χ1v) is 9.94. The summed E-state index contributed by atoms with van der Waals surface area (Å²) < 4.78 is 0. The summed E-state index contributed by atoms with van der Waals surface area (Å²) in [4.78, 5) is 24.4. The first kappa shape index (κ1) is 20.5. The van der Waals surface area contributed by atoms with Crippen LogP contribution in [0.5, 0.6) is 0 Å². The average molecular weight is 372 g/mol. The van der Waals surface area contributed by atoms with Crippen LogP contribution < -0.4 is 16.4 Å². The van der Waals surface area contributed by atoms with Gasteiger partial charge in [0.15, 0.2) is 0 Å². The van der Waals surface area contributed by atoms with Crippen LogP contribution >= 0.6 is 12.4 Å². The smallest absolute Gasteiger partial charge is 0.223 e. The van der Waals surface area contributed by atoms with Gasteiger partial charge in [-0.25, -0.2) is 0 Å². The minimum absolute atomic E-state index is 0. The van der Waals surface area contributed by atoms with E-state index < -0.39 is 0 Å². The van der Waals surface area contributed by atoms with Crippen molar-refractivity contribution in [2.75, 3.05) is 6.54 Å². The maximum atomic E-state index is 12.3. The largest absolute Gasteiger partial charge is 0.354 e. The second-order valence-electron chi connectivity index (χ2n) is 8.22. The minimum Gasteiger partial charge on any atom is -0.354 e. The number of amides is 2. The van der Waals surface area contributed by atoms with Gasteiger partial charge >= 0.3 is 0 Å². The summed E-state index contributed by atoms with van der Waals surface area (Å²) >= 11 is 0. The lowest BCUT2D eigenvalue weighted by Gasteiger charge is -2.29. The van der Waals surface area contributed by atoms with Crippen molar-refractivity contribution in [3.8, 4) is 0 Å². The van der Waals surface area contributed by atoms with E-state index in [2.05, 4.69) is 10.6 Å². The van der Waals surface area contributed by atoms with Crippen LogP contribution in [0.25, 0.3) is 0 Å². The summed E-state index contributed by atoms with van der Waals surface area (Å²) in [6.07, 6.45) is 11.7. The lowest BCUT2D eigenvalue weighted by Crippen LogP contribution is -2.44. The highest BCUT2D eigenvalue weighted by atomic mass is 35.5. The van der Waals surface area contributed by atoms with Crippen LogP contribution in [-0.4, -0.2) is 30.4 Å². The lowest BCUT2D eigenvalue weighted by molar-refractivity contribution is -0.126. The molecule has 3 aliphatic rings. The number of rotatable bonds is 7. The van der Waals surface area contributed by atoms with E-state index in [0.717, 1.165) is 25.7 Å². The summed E-state index contributed by atoms with van der Waals surface area (Å²) in [5, 5.41) is 6.21. The van der Waals surface area contributed by atoms with E-state index in [1.807, 2.05) is 0 Å². The SMILES string of the molecule is Cl.NC(CNC(=O)C1CCC(NC(=O)CC2CCCC2)CC1)C1CC1. The van der Waals surface area contributed by atoms with Gasteiger partial charge in [0.25, 0.3) is 0 Å². The summed E-state index contributed by atoms with van der Waals surface area (Å²) in [5.74, 6) is 1.69. The Kier molecular flexibility index (Phi) is 8.01. The number of carbonyl (C=O) groups excluding carboxylic acids is 2. The highest BCUT2D eigenvalue weighted by Crippen LogP contribution is 2.31. The van der Waals surface area contributed by atoms with Crippen molar-refractivity contribution >= 4 is 24.2 Å². The molecule has 25 heavy (non-hydrogen) atoms. The van der Waals surface area contributed by atoms with E-state index in [-0.39, 0.29) is 42.2 Å². The predicted octanol–water partition coefficient (Wildman–Crippen LogP) is 2.52. The van der Waals surface area contributed by atoms with Gasteiger partial charge in [0, 0.05) is 31.0 Å². The summed E-state index contributed by atoms with van der Waals surface area (Å²) in [5.41, 5.74) is 6.04. The van der Waals surface area contributed by atoms with Crippen molar-refractivity contribution in [2.24, 2.45) is 23.5 Å². The van der Waals surface area contributed by atoms with E-state index in [0.29, 0.717) is 24.8 Å². The third-order valence-corrected chi connectivity index (χ3v) is 6.15. The summed E-state index contributed by atoms with van der Waals surface area (Å²) in [6.45, 7) is 0.613. The van der Waals surface area contributed by atoms with E-state index in [4.69, 9.17) is 5.73 Å². The number of hydrogen-bond donors (Lipinski definition) is 3. The zero-order valence-electron chi connectivity index (χ0n) is 15.2. The highest BCUT2D eigenvalue weighted by Gasteiger charge is 2.31. The first-order valence-electron chi connectivity index (χ1n) is 9.94. The standard InChI is InChI=1S/C19H33N3O2.ClH/c20-17(14-5-6-14)12-21-19(24)15-7-9-16(10-8-15)22-18(23)11-13-3-1-2-4-13;/h13-17H,1-12,20H2,(H,21,24)(H,22,23);1H. The Balaban J connectivity index is 0.00000225. The Labute approximate surface area is 157 Å². The number of nitrogens with two attached hydrogens (primary N) is 1. The molecule has 1 unspecified atom stereocenters. The lowest BCUT2D eigenvalue weighted by atomic mass is 9.85. The zero-order chi connectivity index (χ0) is 16.9. The molecular formula is C19H34ClN3O2. The third kappa shape index (κ3) is 6.45. The van der Waals surface area contributed by atoms with E-state index in [1.165, 1.54) is 38.5 Å². The van der Waals surface area contributed by atoms with Gasteiger partial charge in [-0.1, -0.05) is 12.8 Å². The average Bonchev–Trinajstić information content (AvgIpc) is 3.31. The molecule has 1 atom stereocenters. The molecule has 3 aliphatic carbocycles. The fourth-order valence-electron chi connectivity index (χ4n) is 4.32. The minimum atomic E-state index is 0. The quantitative estimate of drug-likeness (QED) is 0.642. The van der Waals surface area contributed by atoms with Crippen molar-refractivity contribution in [1.82, 2.24) is 10.6 Å². The van der Waals surface area contributed by atoms with Crippen molar-refractivity contribution in [1.29, 1.82) is 0 Å². The second-order valence-corrected chi connectivity index (χ2v) is 8.22. The van der Waals surface area contributed by atoms with Gasteiger partial charge in [-0.2, -0.15) is 0 Å². The van der Waals surface area contributed by atoms with Crippen LogP contribution in [0.1, 0.15) is 70.6 Å². The van der Waals surface area contributed by atoms with Gasteiger partial charge in [0.1, 0.15) is 0 Å². The molecule has 3 rings (SSSR count). The second kappa shape index (κ2) is 9.77. The molecule has 6 heteroatoms. The van der Waals surface area contributed by atoms with Gasteiger partial charge in [-0.05, 0) is 63.2 Å². The van der Waals surface area contributed by atoms with E-state index in [1.54, 1.807) is 0 Å². The Morgan fingerprint density at radius 2 is 1.60 bits per heavy atom. The van der Waals surface area contributed by atoms with Gasteiger partial charge in [0.2, 0.25) is 11.8 Å². The van der Waals surface area contributed by atoms with Gasteiger partial charge < -0.3 is 16.4 Å². The van der Waals surface area contributed by atoms with Crippen LogP contribution in [0, 0.1) is 17.8 Å². The molecule has 0 radical (unpaired) electrons. The number of carbonyl (C=O) groups is 2. The van der Waals surface area contributed by atoms with E-state index in [9.17, 15) is 9.59 Å². The molecule has 0 aromatic heterocycles. The maximum Gasteiger partial charge on any atom is 0.223 e. The Morgan fingerprint density at radius 1 is 0.960 bits per heavy atom. The zero-order valence-corrected chi connectivity index (χ0v) is 16.0. The first-order chi connectivity index (χ1) is 11.6. The van der Waals surface area contributed by atoms with Gasteiger partial charge in [-0.3, -0.25) is 9.59 Å². The van der Waals surface area contributed by atoms with Crippen molar-refractivity contribution in [2.45, 2.75) is 82.7 Å². The topological polar surface area (TPSA) is 84.2 Å². The molecule has 4 N–H and O–H groups in total. The number of nitrogens with one attached hydrogen (secondary N) is 2. The van der Waals surface area contributed by atoms with Crippen LogP contribution in [-0.2, 0) is 9.59 Å². The maximum absolute atomic E-state index is 12.3. The molecule has 0 bridgehead atoms. The molecule has 0 aromatic carbocycles. The monoisotopic (exact) mass is 371 g/mol. The van der Waals surface area contributed by atoms with Crippen molar-refractivity contribution in [3.05, 3.63) is 0 Å².